The topological polar surface area (TPSA) is 52.7 Å². The van der Waals surface area contributed by atoms with Crippen molar-refractivity contribution in [2.24, 2.45) is 0 Å². The van der Waals surface area contributed by atoms with Crippen LogP contribution >= 0.6 is 0 Å². The van der Waals surface area contributed by atoms with E-state index >= 15 is 0 Å². The maximum absolute atomic E-state index is 12.3. The summed E-state index contributed by atoms with van der Waals surface area (Å²) in [5.74, 6) is -0.0144. The molecule has 1 N–H and O–H groups in total. The molecule has 0 aromatic heterocycles. The minimum Gasteiger partial charge on any atom is -0.378 e. The van der Waals surface area contributed by atoms with Gasteiger partial charge in [-0.3, -0.25) is 9.59 Å². The number of hydrogen-bond acceptors (Lipinski definition) is 3. The van der Waals surface area contributed by atoms with Crippen LogP contribution in [0.4, 0.5) is 5.69 Å². The lowest BCUT2D eigenvalue weighted by Crippen LogP contribution is -2.38. The number of likely N-dealkylation sites (tertiary alicyclic amines) is 1. The fourth-order valence-corrected chi connectivity index (χ4v) is 2.52. The molecule has 1 aliphatic heterocycles. The molecule has 1 unspecified atom stereocenters. The Labute approximate surface area is 125 Å². The molecule has 0 saturated carbocycles. The Morgan fingerprint density at radius 2 is 2.10 bits per heavy atom. The molecule has 1 atom stereocenters. The van der Waals surface area contributed by atoms with Gasteiger partial charge in [-0.05, 0) is 32.0 Å². The zero-order valence-electron chi connectivity index (χ0n) is 13.1. The quantitative estimate of drug-likeness (QED) is 0.913. The summed E-state index contributed by atoms with van der Waals surface area (Å²) >= 11 is 0. The average molecular weight is 289 g/mol. The van der Waals surface area contributed by atoms with E-state index in [1.54, 1.807) is 11.0 Å². The highest BCUT2D eigenvalue weighted by Gasteiger charge is 2.32. The van der Waals surface area contributed by atoms with E-state index in [0.717, 1.165) is 5.69 Å². The second kappa shape index (κ2) is 6.16. The molecule has 0 bridgehead atoms. The Hall–Kier alpha value is -2.04. The highest BCUT2D eigenvalue weighted by molar-refractivity contribution is 5.96. The van der Waals surface area contributed by atoms with Crippen molar-refractivity contribution in [2.45, 2.75) is 32.4 Å². The summed E-state index contributed by atoms with van der Waals surface area (Å²) in [6.07, 6.45) is 0.386. The summed E-state index contributed by atoms with van der Waals surface area (Å²) in [5.41, 5.74) is 1.60. The van der Waals surface area contributed by atoms with Gasteiger partial charge in [-0.2, -0.15) is 0 Å². The van der Waals surface area contributed by atoms with Crippen LogP contribution in [0.2, 0.25) is 0 Å². The molecular formula is C16H23N3O2. The molecule has 0 aliphatic carbocycles. The van der Waals surface area contributed by atoms with Crippen LogP contribution in [0.25, 0.3) is 0 Å². The molecule has 1 aromatic rings. The number of nitrogens with zero attached hydrogens (tertiary/aromatic N) is 2. The minimum atomic E-state index is -0.123. The van der Waals surface area contributed by atoms with E-state index in [1.807, 2.05) is 51.0 Å². The highest BCUT2D eigenvalue weighted by Crippen LogP contribution is 2.16. The number of anilines is 1. The second-order valence-corrected chi connectivity index (χ2v) is 5.96. The number of amides is 2. The van der Waals surface area contributed by atoms with Gasteiger partial charge in [0.2, 0.25) is 5.91 Å². The van der Waals surface area contributed by atoms with E-state index in [4.69, 9.17) is 0 Å². The Morgan fingerprint density at radius 1 is 1.38 bits per heavy atom. The number of benzene rings is 1. The van der Waals surface area contributed by atoms with Crippen LogP contribution in [0.1, 0.15) is 30.6 Å². The smallest absolute Gasteiger partial charge is 0.251 e. The SMILES string of the molecule is CC(C)N1CC(NC(=O)c2cccc(N(C)C)c2)CC1=O. The molecule has 5 heteroatoms. The lowest BCUT2D eigenvalue weighted by atomic mass is 10.1. The van der Waals surface area contributed by atoms with Gasteiger partial charge in [0.05, 0.1) is 6.04 Å². The molecule has 1 aliphatic rings. The van der Waals surface area contributed by atoms with Gasteiger partial charge in [0, 0.05) is 44.4 Å². The molecule has 0 spiro atoms. The fraction of sp³-hybridized carbons (Fsp3) is 0.500. The normalized spacial score (nSPS) is 18.2. The third kappa shape index (κ3) is 3.54. The summed E-state index contributed by atoms with van der Waals surface area (Å²) in [7, 11) is 3.88. The second-order valence-electron chi connectivity index (χ2n) is 5.96. The minimum absolute atomic E-state index is 0.101. The Kier molecular flexibility index (Phi) is 4.50. The van der Waals surface area contributed by atoms with E-state index in [1.165, 1.54) is 0 Å². The zero-order valence-corrected chi connectivity index (χ0v) is 13.1. The van der Waals surface area contributed by atoms with Crippen molar-refractivity contribution in [3.63, 3.8) is 0 Å². The predicted octanol–water partition coefficient (Wildman–Crippen LogP) is 1.49. The number of hydrogen-bond donors (Lipinski definition) is 1. The molecule has 1 fully saturated rings. The van der Waals surface area contributed by atoms with Gasteiger partial charge in [-0.25, -0.2) is 0 Å². The zero-order chi connectivity index (χ0) is 15.6. The number of rotatable bonds is 4. The molecule has 5 nitrogen and oxygen atoms in total. The first-order valence-corrected chi connectivity index (χ1v) is 7.26. The van der Waals surface area contributed by atoms with Gasteiger partial charge in [0.15, 0.2) is 0 Å². The largest absolute Gasteiger partial charge is 0.378 e. The lowest BCUT2D eigenvalue weighted by Gasteiger charge is -2.21. The summed E-state index contributed by atoms with van der Waals surface area (Å²) in [6.45, 7) is 4.57. The first-order valence-electron chi connectivity index (χ1n) is 7.26. The van der Waals surface area contributed by atoms with E-state index in [2.05, 4.69) is 5.32 Å². The standard InChI is InChI=1S/C16H23N3O2/c1-11(2)19-10-13(9-15(19)20)17-16(21)12-6-5-7-14(8-12)18(3)4/h5-8,11,13H,9-10H2,1-4H3,(H,17,21). The maximum atomic E-state index is 12.3. The molecule has 21 heavy (non-hydrogen) atoms. The number of carbonyl (C=O) groups is 2. The van der Waals surface area contributed by atoms with Crippen molar-refractivity contribution in [3.8, 4) is 0 Å². The third-order valence-electron chi connectivity index (χ3n) is 3.74. The van der Waals surface area contributed by atoms with E-state index in [-0.39, 0.29) is 23.9 Å². The Morgan fingerprint density at radius 3 is 2.67 bits per heavy atom. The molecular weight excluding hydrogens is 266 g/mol. The summed E-state index contributed by atoms with van der Waals surface area (Å²) < 4.78 is 0. The van der Waals surface area contributed by atoms with Gasteiger partial charge in [0.25, 0.3) is 5.91 Å². The summed E-state index contributed by atoms with van der Waals surface area (Å²) in [4.78, 5) is 27.9. The van der Waals surface area contributed by atoms with Crippen LogP contribution in [0.5, 0.6) is 0 Å². The van der Waals surface area contributed by atoms with Crippen LogP contribution in [0.3, 0.4) is 0 Å². The molecule has 2 rings (SSSR count). The average Bonchev–Trinajstić information content (AvgIpc) is 2.79. The van der Waals surface area contributed by atoms with Crippen LogP contribution < -0.4 is 10.2 Å². The van der Waals surface area contributed by atoms with Crippen LogP contribution in [0.15, 0.2) is 24.3 Å². The molecule has 1 aromatic carbocycles. The predicted molar refractivity (Wildman–Crippen MR) is 83.5 cm³/mol. The van der Waals surface area contributed by atoms with Crippen molar-refractivity contribution in [2.75, 3.05) is 25.5 Å². The first kappa shape index (κ1) is 15.4. The number of nitrogens with one attached hydrogen (secondary N) is 1. The summed E-state index contributed by atoms with van der Waals surface area (Å²) in [6, 6.07) is 7.54. The molecule has 114 valence electrons. The fourth-order valence-electron chi connectivity index (χ4n) is 2.52. The molecule has 1 saturated heterocycles. The van der Waals surface area contributed by atoms with Gasteiger partial charge in [-0.15, -0.1) is 0 Å². The van der Waals surface area contributed by atoms with Crippen molar-refractivity contribution in [1.82, 2.24) is 10.2 Å². The molecule has 0 radical (unpaired) electrons. The van der Waals surface area contributed by atoms with Crippen molar-refractivity contribution < 1.29 is 9.59 Å². The molecule has 2 amide bonds. The van der Waals surface area contributed by atoms with Crippen molar-refractivity contribution in [3.05, 3.63) is 29.8 Å². The van der Waals surface area contributed by atoms with E-state index in [9.17, 15) is 9.59 Å². The van der Waals surface area contributed by atoms with Crippen molar-refractivity contribution >= 4 is 17.5 Å². The van der Waals surface area contributed by atoms with Gasteiger partial charge >= 0.3 is 0 Å². The van der Waals surface area contributed by atoms with Gasteiger partial charge in [-0.1, -0.05) is 6.07 Å². The van der Waals surface area contributed by atoms with Crippen LogP contribution in [-0.2, 0) is 4.79 Å². The number of carbonyl (C=O) groups excluding carboxylic acids is 2. The van der Waals surface area contributed by atoms with Crippen LogP contribution in [0, 0.1) is 0 Å². The van der Waals surface area contributed by atoms with Crippen molar-refractivity contribution in [1.29, 1.82) is 0 Å². The third-order valence-corrected chi connectivity index (χ3v) is 3.74. The maximum Gasteiger partial charge on any atom is 0.251 e. The van der Waals surface area contributed by atoms with E-state index < -0.39 is 0 Å². The van der Waals surface area contributed by atoms with Gasteiger partial charge < -0.3 is 15.1 Å². The van der Waals surface area contributed by atoms with Crippen LogP contribution in [-0.4, -0.2) is 49.4 Å². The first-order chi connectivity index (χ1) is 9.88. The lowest BCUT2D eigenvalue weighted by molar-refractivity contribution is -0.129. The molecule has 1 heterocycles. The Balaban J connectivity index is 2.02. The van der Waals surface area contributed by atoms with E-state index in [0.29, 0.717) is 18.5 Å². The monoisotopic (exact) mass is 289 g/mol. The van der Waals surface area contributed by atoms with Gasteiger partial charge in [0.1, 0.15) is 0 Å². The Bertz CT molecular complexity index is 540. The summed E-state index contributed by atoms with van der Waals surface area (Å²) in [5, 5.41) is 2.96. The highest BCUT2D eigenvalue weighted by atomic mass is 16.2.